The summed E-state index contributed by atoms with van der Waals surface area (Å²) in [7, 11) is 0. The fraction of sp³-hybridized carbons (Fsp3) is 0.900. The van der Waals surface area contributed by atoms with Gasteiger partial charge in [0.1, 0.15) is 0 Å². The first-order valence-electron chi connectivity index (χ1n) is 5.41. The Morgan fingerprint density at radius 3 is 3.00 bits per heavy atom. The Kier molecular flexibility index (Phi) is 5.60. The van der Waals surface area contributed by atoms with Crippen LogP contribution in [0.2, 0.25) is 0 Å². The molecule has 0 spiro atoms. The molecule has 2 unspecified atom stereocenters. The molecule has 0 aliphatic carbocycles. The monoisotopic (exact) mass is 216 g/mol. The molecule has 0 radical (unpaired) electrons. The number of hydrogen-bond donors (Lipinski definition) is 2. The van der Waals surface area contributed by atoms with Crippen LogP contribution in [0.3, 0.4) is 0 Å². The van der Waals surface area contributed by atoms with Gasteiger partial charge in [0.2, 0.25) is 5.91 Å². The third kappa shape index (κ3) is 4.59. The van der Waals surface area contributed by atoms with Gasteiger partial charge in [0.05, 0.1) is 31.8 Å². The molecule has 0 aromatic rings. The van der Waals surface area contributed by atoms with Gasteiger partial charge < -0.3 is 20.5 Å². The van der Waals surface area contributed by atoms with Crippen LogP contribution in [0.4, 0.5) is 0 Å². The van der Waals surface area contributed by atoms with Crippen LogP contribution in [-0.2, 0) is 14.3 Å². The van der Waals surface area contributed by atoms with Gasteiger partial charge in [-0.25, -0.2) is 0 Å². The van der Waals surface area contributed by atoms with Crippen LogP contribution >= 0.6 is 0 Å². The molecule has 1 saturated heterocycles. The van der Waals surface area contributed by atoms with Crippen LogP contribution in [-0.4, -0.2) is 44.9 Å². The van der Waals surface area contributed by atoms with Crippen LogP contribution in [0.15, 0.2) is 0 Å². The predicted octanol–water partition coefficient (Wildman–Crippen LogP) is -0.497. The maximum atomic E-state index is 11.6. The van der Waals surface area contributed by atoms with Gasteiger partial charge in [-0.15, -0.1) is 0 Å². The molecule has 5 nitrogen and oxygen atoms in total. The molecule has 0 aromatic carbocycles. The highest BCUT2D eigenvalue weighted by Crippen LogP contribution is 2.18. The van der Waals surface area contributed by atoms with E-state index >= 15 is 0 Å². The van der Waals surface area contributed by atoms with Crippen LogP contribution in [0.1, 0.15) is 13.3 Å². The van der Waals surface area contributed by atoms with Crippen LogP contribution in [0.25, 0.3) is 0 Å². The number of amides is 1. The largest absolute Gasteiger partial charge is 0.378 e. The molecule has 1 heterocycles. The summed E-state index contributed by atoms with van der Waals surface area (Å²) in [4.78, 5) is 11.6. The van der Waals surface area contributed by atoms with Gasteiger partial charge in [-0.1, -0.05) is 0 Å². The molecule has 0 bridgehead atoms. The second-order valence-corrected chi connectivity index (χ2v) is 3.77. The van der Waals surface area contributed by atoms with Crippen LogP contribution in [0.5, 0.6) is 0 Å². The molecule has 2 atom stereocenters. The Morgan fingerprint density at radius 2 is 2.40 bits per heavy atom. The topological polar surface area (TPSA) is 73.6 Å². The fourth-order valence-electron chi connectivity index (χ4n) is 1.58. The Balaban J connectivity index is 2.03. The van der Waals surface area contributed by atoms with Gasteiger partial charge in [0.15, 0.2) is 0 Å². The number of hydrogen-bond acceptors (Lipinski definition) is 4. The normalized spacial score (nSPS) is 25.5. The van der Waals surface area contributed by atoms with Crippen molar-refractivity contribution in [2.24, 2.45) is 11.7 Å². The lowest BCUT2D eigenvalue weighted by molar-refractivity contribution is -0.125. The second-order valence-electron chi connectivity index (χ2n) is 3.77. The first kappa shape index (κ1) is 12.4. The van der Waals surface area contributed by atoms with E-state index in [4.69, 9.17) is 15.2 Å². The molecular weight excluding hydrogens is 196 g/mol. The SMILES string of the molecule is CC1CC(C(=O)NCCOCCN)CO1. The van der Waals surface area contributed by atoms with Gasteiger partial charge in [0, 0.05) is 13.1 Å². The van der Waals surface area contributed by atoms with Gasteiger partial charge in [-0.3, -0.25) is 4.79 Å². The summed E-state index contributed by atoms with van der Waals surface area (Å²) in [5, 5.41) is 2.82. The number of carbonyl (C=O) groups is 1. The number of ether oxygens (including phenoxy) is 2. The molecule has 1 amide bonds. The minimum atomic E-state index is 0.00880. The van der Waals surface area contributed by atoms with Crippen molar-refractivity contribution in [3.63, 3.8) is 0 Å². The maximum absolute atomic E-state index is 11.6. The predicted molar refractivity (Wildman–Crippen MR) is 56.4 cm³/mol. The third-order valence-corrected chi connectivity index (χ3v) is 2.38. The van der Waals surface area contributed by atoms with E-state index in [0.717, 1.165) is 6.42 Å². The lowest BCUT2D eigenvalue weighted by atomic mass is 10.1. The Labute approximate surface area is 90.3 Å². The summed E-state index contributed by atoms with van der Waals surface area (Å²) in [6.07, 6.45) is 1.02. The van der Waals surface area contributed by atoms with Gasteiger partial charge in [-0.2, -0.15) is 0 Å². The van der Waals surface area contributed by atoms with Crippen molar-refractivity contribution >= 4 is 5.91 Å². The lowest BCUT2D eigenvalue weighted by Gasteiger charge is -2.09. The van der Waals surface area contributed by atoms with E-state index in [1.165, 1.54) is 0 Å². The van der Waals surface area contributed by atoms with Gasteiger partial charge in [-0.05, 0) is 13.3 Å². The number of nitrogens with one attached hydrogen (secondary N) is 1. The zero-order chi connectivity index (χ0) is 11.1. The van der Waals surface area contributed by atoms with E-state index in [-0.39, 0.29) is 17.9 Å². The molecule has 15 heavy (non-hydrogen) atoms. The summed E-state index contributed by atoms with van der Waals surface area (Å²) < 4.78 is 10.5. The Hall–Kier alpha value is -0.650. The summed E-state index contributed by atoms with van der Waals surface area (Å²) in [5.74, 6) is 0.0743. The van der Waals surface area contributed by atoms with E-state index in [1.807, 2.05) is 6.92 Å². The van der Waals surface area contributed by atoms with Crippen molar-refractivity contribution in [1.29, 1.82) is 0 Å². The number of rotatable bonds is 6. The second kappa shape index (κ2) is 6.76. The molecule has 3 N–H and O–H groups in total. The standard InChI is InChI=1S/C10H20N2O3/c1-8-6-9(7-15-8)10(13)12-3-5-14-4-2-11/h8-9H,2-7,11H2,1H3,(H,12,13). The zero-order valence-electron chi connectivity index (χ0n) is 9.20. The highest BCUT2D eigenvalue weighted by molar-refractivity contribution is 5.79. The van der Waals surface area contributed by atoms with E-state index in [2.05, 4.69) is 5.32 Å². The lowest BCUT2D eigenvalue weighted by Crippen LogP contribution is -2.33. The van der Waals surface area contributed by atoms with Gasteiger partial charge >= 0.3 is 0 Å². The first-order valence-corrected chi connectivity index (χ1v) is 5.41. The van der Waals surface area contributed by atoms with Crippen molar-refractivity contribution < 1.29 is 14.3 Å². The molecule has 5 heteroatoms. The van der Waals surface area contributed by atoms with Crippen LogP contribution < -0.4 is 11.1 Å². The average molecular weight is 216 g/mol. The van der Waals surface area contributed by atoms with E-state index in [1.54, 1.807) is 0 Å². The molecule has 1 aliphatic heterocycles. The smallest absolute Gasteiger partial charge is 0.225 e. The van der Waals surface area contributed by atoms with E-state index in [0.29, 0.717) is 32.9 Å². The summed E-state index contributed by atoms with van der Waals surface area (Å²) in [6.45, 7) is 4.64. The molecule has 88 valence electrons. The number of carbonyl (C=O) groups excluding carboxylic acids is 1. The quantitative estimate of drug-likeness (QED) is 0.587. The third-order valence-electron chi connectivity index (χ3n) is 2.38. The van der Waals surface area contributed by atoms with Gasteiger partial charge in [0.25, 0.3) is 0 Å². The Bertz CT molecular complexity index is 199. The van der Waals surface area contributed by atoms with E-state index < -0.39 is 0 Å². The van der Waals surface area contributed by atoms with Crippen molar-refractivity contribution in [3.05, 3.63) is 0 Å². The molecule has 1 aliphatic rings. The minimum absolute atomic E-state index is 0.00880. The van der Waals surface area contributed by atoms with Crippen molar-refractivity contribution in [3.8, 4) is 0 Å². The summed E-state index contributed by atoms with van der Waals surface area (Å²) in [6, 6.07) is 0. The fourth-order valence-corrected chi connectivity index (χ4v) is 1.58. The van der Waals surface area contributed by atoms with Crippen LogP contribution in [0, 0.1) is 5.92 Å². The summed E-state index contributed by atoms with van der Waals surface area (Å²) >= 11 is 0. The van der Waals surface area contributed by atoms with Crippen molar-refractivity contribution in [2.75, 3.05) is 32.9 Å². The molecular formula is C10H20N2O3. The highest BCUT2D eigenvalue weighted by Gasteiger charge is 2.27. The molecule has 1 fully saturated rings. The maximum Gasteiger partial charge on any atom is 0.225 e. The first-order chi connectivity index (χ1) is 7.24. The van der Waals surface area contributed by atoms with Crippen molar-refractivity contribution in [1.82, 2.24) is 5.32 Å². The van der Waals surface area contributed by atoms with E-state index in [9.17, 15) is 4.79 Å². The zero-order valence-corrected chi connectivity index (χ0v) is 9.20. The van der Waals surface area contributed by atoms with Crippen molar-refractivity contribution in [2.45, 2.75) is 19.4 Å². The molecule has 1 rings (SSSR count). The highest BCUT2D eigenvalue weighted by atomic mass is 16.5. The number of nitrogens with two attached hydrogens (primary N) is 1. The molecule has 0 aromatic heterocycles. The Morgan fingerprint density at radius 1 is 1.60 bits per heavy atom. The average Bonchev–Trinajstić information content (AvgIpc) is 2.64. The summed E-state index contributed by atoms with van der Waals surface area (Å²) in [5.41, 5.74) is 5.26. The molecule has 0 saturated carbocycles. The minimum Gasteiger partial charge on any atom is -0.378 e.